The summed E-state index contributed by atoms with van der Waals surface area (Å²) in [7, 11) is 0. The maximum Gasteiger partial charge on any atom is 0.217 e. The van der Waals surface area contributed by atoms with Crippen molar-refractivity contribution >= 4 is 11.7 Å². The van der Waals surface area contributed by atoms with E-state index >= 15 is 0 Å². The molecule has 0 saturated heterocycles. The van der Waals surface area contributed by atoms with Crippen LogP contribution < -0.4 is 20.7 Å². The van der Waals surface area contributed by atoms with Crippen LogP contribution in [0.2, 0.25) is 0 Å². The summed E-state index contributed by atoms with van der Waals surface area (Å²) in [5, 5.41) is 21.1. The Bertz CT molecular complexity index is 1130. The number of pyridine rings is 1. The van der Waals surface area contributed by atoms with E-state index in [1.54, 1.807) is 12.1 Å². The van der Waals surface area contributed by atoms with Crippen molar-refractivity contribution in [1.82, 2.24) is 15.6 Å². The topological polar surface area (TPSA) is 95.5 Å². The van der Waals surface area contributed by atoms with Gasteiger partial charge in [0.05, 0.1) is 12.1 Å². The molecule has 7 nitrogen and oxygen atoms in total. The Labute approximate surface area is 226 Å². The fourth-order valence-electron chi connectivity index (χ4n) is 5.56. The Morgan fingerprint density at radius 1 is 1.29 bits per heavy atom. The van der Waals surface area contributed by atoms with Crippen LogP contribution in [0.1, 0.15) is 83.2 Å². The number of amides is 1. The van der Waals surface area contributed by atoms with Crippen LogP contribution in [0.5, 0.6) is 5.75 Å². The number of nitrogens with one attached hydrogen (secondary N) is 3. The molecule has 38 heavy (non-hydrogen) atoms. The van der Waals surface area contributed by atoms with Crippen molar-refractivity contribution in [2.75, 3.05) is 18.4 Å². The van der Waals surface area contributed by atoms with Gasteiger partial charge in [0, 0.05) is 43.7 Å². The van der Waals surface area contributed by atoms with Gasteiger partial charge in [0.25, 0.3) is 0 Å². The van der Waals surface area contributed by atoms with Gasteiger partial charge in [-0.2, -0.15) is 0 Å². The fraction of sp³-hybridized carbons (Fsp3) is 0.600. The second-order valence-electron chi connectivity index (χ2n) is 12.2. The zero-order valence-electron chi connectivity index (χ0n) is 23.4. The molecule has 208 valence electrons. The van der Waals surface area contributed by atoms with Crippen LogP contribution >= 0.6 is 0 Å². The Hall–Kier alpha value is -2.71. The smallest absolute Gasteiger partial charge is 0.217 e. The highest BCUT2D eigenvalue weighted by atomic mass is 19.1. The van der Waals surface area contributed by atoms with Crippen molar-refractivity contribution in [1.29, 1.82) is 0 Å². The van der Waals surface area contributed by atoms with Crippen LogP contribution in [0.25, 0.3) is 0 Å². The summed E-state index contributed by atoms with van der Waals surface area (Å²) >= 11 is 0. The second kappa shape index (κ2) is 11.6. The average Bonchev–Trinajstić information content (AvgIpc) is 2.80. The van der Waals surface area contributed by atoms with E-state index in [2.05, 4.69) is 49.7 Å². The maximum absolute atomic E-state index is 13.8. The molecule has 4 N–H and O–H groups in total. The molecule has 2 aromatic rings. The summed E-state index contributed by atoms with van der Waals surface area (Å²) in [6.45, 7) is 11.1. The molecule has 1 aliphatic carbocycles. The highest BCUT2D eigenvalue weighted by Gasteiger charge is 2.47. The molecule has 2 aliphatic rings. The van der Waals surface area contributed by atoms with Crippen molar-refractivity contribution < 1.29 is 19.0 Å². The number of carbonyl (C=O) groups excluding carboxylic acids is 1. The third-order valence-electron chi connectivity index (χ3n) is 7.42. The molecule has 1 aromatic heterocycles. The van der Waals surface area contributed by atoms with Crippen LogP contribution in [-0.4, -0.2) is 46.8 Å². The number of aliphatic hydroxyl groups is 1. The van der Waals surface area contributed by atoms with Gasteiger partial charge in [-0.3, -0.25) is 4.79 Å². The molecule has 3 atom stereocenters. The van der Waals surface area contributed by atoms with Gasteiger partial charge in [0.15, 0.2) is 11.6 Å². The van der Waals surface area contributed by atoms with E-state index < -0.39 is 12.1 Å². The highest BCUT2D eigenvalue weighted by Crippen LogP contribution is 2.51. The zero-order chi connectivity index (χ0) is 27.5. The van der Waals surface area contributed by atoms with Crippen molar-refractivity contribution in [2.45, 2.75) is 96.9 Å². The van der Waals surface area contributed by atoms with Gasteiger partial charge >= 0.3 is 0 Å². The largest absolute Gasteiger partial charge is 0.483 e. The first-order chi connectivity index (χ1) is 18.0. The average molecular weight is 527 g/mol. The van der Waals surface area contributed by atoms with Gasteiger partial charge < -0.3 is 25.8 Å². The fourth-order valence-corrected chi connectivity index (χ4v) is 5.56. The molecule has 2 heterocycles. The van der Waals surface area contributed by atoms with E-state index in [-0.39, 0.29) is 35.3 Å². The lowest BCUT2D eigenvalue weighted by Gasteiger charge is -2.48. The van der Waals surface area contributed by atoms with Gasteiger partial charge in [0.2, 0.25) is 5.91 Å². The van der Waals surface area contributed by atoms with E-state index in [0.717, 1.165) is 67.0 Å². The van der Waals surface area contributed by atoms with Crippen LogP contribution in [0, 0.1) is 11.2 Å². The lowest BCUT2D eigenvalue weighted by molar-refractivity contribution is -0.120. The number of hydrogen-bond acceptors (Lipinski definition) is 6. The molecule has 0 bridgehead atoms. The molecular weight excluding hydrogens is 483 g/mol. The van der Waals surface area contributed by atoms with Crippen molar-refractivity contribution in [3.63, 3.8) is 0 Å². The van der Waals surface area contributed by atoms with Gasteiger partial charge in [-0.1, -0.05) is 32.9 Å². The molecule has 1 fully saturated rings. The van der Waals surface area contributed by atoms with Crippen molar-refractivity contribution in [3.8, 4) is 5.75 Å². The van der Waals surface area contributed by atoms with Crippen LogP contribution in [0.15, 0.2) is 30.3 Å². The summed E-state index contributed by atoms with van der Waals surface area (Å²) in [5.74, 6) is 1.02. The minimum absolute atomic E-state index is 0.0278. The van der Waals surface area contributed by atoms with Crippen molar-refractivity contribution in [3.05, 3.63) is 53.0 Å². The number of ether oxygens (including phenoxy) is 1. The van der Waals surface area contributed by atoms with E-state index in [1.165, 1.54) is 19.1 Å². The number of benzene rings is 1. The first kappa shape index (κ1) is 28.3. The van der Waals surface area contributed by atoms with Crippen LogP contribution in [0.4, 0.5) is 10.2 Å². The number of aromatic nitrogens is 1. The minimum atomic E-state index is -0.866. The second-order valence-corrected chi connectivity index (χ2v) is 12.2. The molecular formula is C30H43FN4O3. The lowest BCUT2D eigenvalue weighted by Crippen LogP contribution is -2.52. The predicted octanol–water partition coefficient (Wildman–Crippen LogP) is 4.69. The van der Waals surface area contributed by atoms with Gasteiger partial charge in [-0.25, -0.2) is 9.37 Å². The SMILES string of the molecule is CCNc1nc(CC(C)(C)C)cc2c1OC1(CCC1)C[C@@H]2NC[C@H](O)[C@H](Cc1cccc(F)c1)NC(C)=O. The molecule has 1 saturated carbocycles. The van der Waals surface area contributed by atoms with E-state index in [1.807, 2.05) is 0 Å². The minimum Gasteiger partial charge on any atom is -0.483 e. The monoisotopic (exact) mass is 526 g/mol. The number of aliphatic hydroxyl groups excluding tert-OH is 1. The van der Waals surface area contributed by atoms with Gasteiger partial charge in [0.1, 0.15) is 11.4 Å². The van der Waals surface area contributed by atoms with Gasteiger partial charge in [-0.05, 0) is 68.2 Å². The summed E-state index contributed by atoms with van der Waals surface area (Å²) in [4.78, 5) is 16.9. The number of fused-ring (bicyclic) bond motifs is 1. The molecule has 1 amide bonds. The third kappa shape index (κ3) is 7.03. The van der Waals surface area contributed by atoms with E-state index in [4.69, 9.17) is 9.72 Å². The normalized spacial score (nSPS) is 19.6. The lowest BCUT2D eigenvalue weighted by atomic mass is 9.72. The first-order valence-corrected chi connectivity index (χ1v) is 13.9. The van der Waals surface area contributed by atoms with Crippen LogP contribution in [-0.2, 0) is 17.6 Å². The quantitative estimate of drug-likeness (QED) is 0.359. The molecule has 1 aromatic carbocycles. The van der Waals surface area contributed by atoms with E-state index in [9.17, 15) is 14.3 Å². The summed E-state index contributed by atoms with van der Waals surface area (Å²) in [5.41, 5.74) is 2.65. The Morgan fingerprint density at radius 3 is 2.66 bits per heavy atom. The molecule has 0 unspecified atom stereocenters. The Balaban J connectivity index is 1.58. The number of nitrogens with zero attached hydrogens (tertiary/aromatic N) is 1. The highest BCUT2D eigenvalue weighted by molar-refractivity contribution is 5.73. The van der Waals surface area contributed by atoms with Crippen LogP contribution in [0.3, 0.4) is 0 Å². The maximum atomic E-state index is 13.8. The summed E-state index contributed by atoms with van der Waals surface area (Å²) in [6, 6.07) is 7.84. The summed E-state index contributed by atoms with van der Waals surface area (Å²) in [6.07, 6.45) is 4.24. The first-order valence-electron chi connectivity index (χ1n) is 13.9. The summed E-state index contributed by atoms with van der Waals surface area (Å²) < 4.78 is 20.4. The molecule has 1 aliphatic heterocycles. The number of anilines is 1. The number of hydrogen-bond donors (Lipinski definition) is 4. The Kier molecular flexibility index (Phi) is 8.62. The van der Waals surface area contributed by atoms with Crippen molar-refractivity contribution in [2.24, 2.45) is 5.41 Å². The molecule has 0 radical (unpaired) electrons. The molecule has 1 spiro atoms. The Morgan fingerprint density at radius 2 is 2.05 bits per heavy atom. The number of carbonyl (C=O) groups is 1. The molecule has 8 heteroatoms. The number of halogens is 1. The number of rotatable bonds is 10. The zero-order valence-corrected chi connectivity index (χ0v) is 23.4. The predicted molar refractivity (Wildman–Crippen MR) is 148 cm³/mol. The van der Waals surface area contributed by atoms with E-state index in [0.29, 0.717) is 6.42 Å². The molecule has 4 rings (SSSR count). The van der Waals surface area contributed by atoms with Gasteiger partial charge in [-0.15, -0.1) is 0 Å². The third-order valence-corrected chi connectivity index (χ3v) is 7.42. The standard InChI is InChI=1S/C30H43FN4O3/c1-6-32-28-27-23(15-22(35-28)16-29(3,4)5)25(17-30(38-27)11-8-12-30)33-18-26(37)24(34-19(2)36)14-20-9-7-10-21(31)13-20/h7,9-10,13,15,24-26,33,37H,6,8,11-12,14,16-18H2,1-5H3,(H,32,35)(H,34,36)/t24-,25-,26-/m0/s1.